The molecule has 2 fully saturated rings. The number of nitrogens with one attached hydrogen (secondary N) is 1. The van der Waals surface area contributed by atoms with Gasteiger partial charge in [0.05, 0.1) is 18.4 Å². The number of nitrogens with zero attached hydrogens (tertiary/aromatic N) is 2. The quantitative estimate of drug-likeness (QED) is 0.553. The average molecular weight is 506 g/mol. The minimum Gasteiger partial charge on any atom is -0.396 e. The van der Waals surface area contributed by atoms with Crippen molar-refractivity contribution in [3.63, 3.8) is 0 Å². The number of piperidine rings is 1. The van der Waals surface area contributed by atoms with Crippen LogP contribution >= 0.6 is 11.3 Å². The van der Waals surface area contributed by atoms with Crippen LogP contribution in [0.15, 0.2) is 0 Å². The van der Waals surface area contributed by atoms with Gasteiger partial charge < -0.3 is 20.4 Å². The maximum Gasteiger partial charge on any atom is 0.226 e. The second kappa shape index (κ2) is 9.75. The molecule has 3 aliphatic rings. The largest absolute Gasteiger partial charge is 0.396 e. The van der Waals surface area contributed by atoms with E-state index in [4.69, 9.17) is 4.98 Å². The molecule has 1 saturated heterocycles. The van der Waals surface area contributed by atoms with E-state index in [1.165, 1.54) is 17.8 Å². The third-order valence-electron chi connectivity index (χ3n) is 8.92. The van der Waals surface area contributed by atoms with Gasteiger partial charge in [-0.1, -0.05) is 34.6 Å². The van der Waals surface area contributed by atoms with Gasteiger partial charge in [0.25, 0.3) is 0 Å². The van der Waals surface area contributed by atoms with Gasteiger partial charge in [0.2, 0.25) is 11.8 Å². The standard InChI is InChI=1S/C27H43N3O4S/c1-25(2,3)15-21(33)28-24-29-23-17(13-22(34)30-11-7-6-8-12-30)26(4)10-9-20(32)27(5,16-31)19(26)14-18(23)35-24/h17,19-20,31-32H,6-16H2,1-5H3,(H,28,29,33)/t17-,19+,20-,26+,27+/m1/s1. The first-order valence-electron chi connectivity index (χ1n) is 13.2. The molecule has 0 aromatic carbocycles. The van der Waals surface area contributed by atoms with Gasteiger partial charge in [-0.05, 0) is 55.3 Å². The van der Waals surface area contributed by atoms with E-state index >= 15 is 0 Å². The molecule has 4 rings (SSSR count). The van der Waals surface area contributed by atoms with Crippen molar-refractivity contribution in [2.45, 2.75) is 98.0 Å². The van der Waals surface area contributed by atoms with Crippen LogP contribution in [0.3, 0.4) is 0 Å². The summed E-state index contributed by atoms with van der Waals surface area (Å²) in [7, 11) is 0. The van der Waals surface area contributed by atoms with Crippen LogP contribution in [0.25, 0.3) is 0 Å². The van der Waals surface area contributed by atoms with Crippen LogP contribution in [0.2, 0.25) is 0 Å². The highest BCUT2D eigenvalue weighted by atomic mass is 32.1. The fourth-order valence-corrected chi connectivity index (χ4v) is 7.88. The Balaban J connectivity index is 1.69. The van der Waals surface area contributed by atoms with Gasteiger partial charge in [0.1, 0.15) is 0 Å². The molecule has 2 aliphatic carbocycles. The number of hydrogen-bond donors (Lipinski definition) is 3. The molecule has 7 nitrogen and oxygen atoms in total. The number of rotatable bonds is 5. The number of aromatic nitrogens is 1. The molecule has 3 N–H and O–H groups in total. The molecule has 0 unspecified atom stereocenters. The Morgan fingerprint density at radius 3 is 2.51 bits per heavy atom. The summed E-state index contributed by atoms with van der Waals surface area (Å²) < 4.78 is 0. The number of likely N-dealkylation sites (tertiary alicyclic amines) is 1. The monoisotopic (exact) mass is 505 g/mol. The van der Waals surface area contributed by atoms with Crippen molar-refractivity contribution >= 4 is 28.3 Å². The number of thiazole rings is 1. The van der Waals surface area contributed by atoms with Gasteiger partial charge in [-0.25, -0.2) is 4.98 Å². The highest BCUT2D eigenvalue weighted by molar-refractivity contribution is 7.15. The van der Waals surface area contributed by atoms with Crippen LogP contribution in [0.5, 0.6) is 0 Å². The Bertz CT molecular complexity index is 951. The number of amides is 2. The Morgan fingerprint density at radius 1 is 1.20 bits per heavy atom. The van der Waals surface area contributed by atoms with Gasteiger partial charge in [-0.3, -0.25) is 9.59 Å². The third-order valence-corrected chi connectivity index (χ3v) is 9.93. The van der Waals surface area contributed by atoms with E-state index in [-0.39, 0.29) is 41.1 Å². The van der Waals surface area contributed by atoms with Gasteiger partial charge in [0.15, 0.2) is 5.13 Å². The van der Waals surface area contributed by atoms with Crippen LogP contribution in [0, 0.1) is 22.2 Å². The van der Waals surface area contributed by atoms with E-state index in [2.05, 4.69) is 12.2 Å². The molecule has 8 heteroatoms. The van der Waals surface area contributed by atoms with Crippen LogP contribution < -0.4 is 5.32 Å². The number of anilines is 1. The maximum atomic E-state index is 13.5. The molecule has 0 bridgehead atoms. The van der Waals surface area contributed by atoms with Gasteiger partial charge in [0, 0.05) is 42.1 Å². The summed E-state index contributed by atoms with van der Waals surface area (Å²) in [5, 5.41) is 24.9. The molecule has 196 valence electrons. The van der Waals surface area contributed by atoms with E-state index in [1.54, 1.807) is 0 Å². The summed E-state index contributed by atoms with van der Waals surface area (Å²) in [6, 6.07) is 0. The molecule has 1 saturated carbocycles. The molecule has 2 heterocycles. The predicted molar refractivity (Wildman–Crippen MR) is 138 cm³/mol. The van der Waals surface area contributed by atoms with Crippen LogP contribution in [0.4, 0.5) is 5.13 Å². The minimum absolute atomic E-state index is 0.0222. The summed E-state index contributed by atoms with van der Waals surface area (Å²) in [6.45, 7) is 11.9. The smallest absolute Gasteiger partial charge is 0.226 e. The highest BCUT2D eigenvalue weighted by Crippen LogP contribution is 2.63. The molecule has 2 amide bonds. The lowest BCUT2D eigenvalue weighted by Gasteiger charge is -2.58. The summed E-state index contributed by atoms with van der Waals surface area (Å²) >= 11 is 1.49. The summed E-state index contributed by atoms with van der Waals surface area (Å²) in [5.74, 6) is 0.0389. The molecule has 5 atom stereocenters. The first-order valence-corrected chi connectivity index (χ1v) is 14.1. The van der Waals surface area contributed by atoms with E-state index in [1.807, 2.05) is 32.6 Å². The highest BCUT2D eigenvalue weighted by Gasteiger charge is 2.59. The number of aliphatic hydroxyl groups is 2. The first kappa shape index (κ1) is 26.6. The second-order valence-corrected chi connectivity index (χ2v) is 13.9. The number of carbonyl (C=O) groups excluding carboxylic acids is 2. The third kappa shape index (κ3) is 5.16. The molecule has 35 heavy (non-hydrogen) atoms. The van der Waals surface area contributed by atoms with Crippen LogP contribution in [0.1, 0.15) is 96.1 Å². The predicted octanol–water partition coefficient (Wildman–Crippen LogP) is 4.34. The second-order valence-electron chi connectivity index (χ2n) is 12.8. The Labute approximate surface area is 213 Å². The van der Waals surface area contributed by atoms with Crippen LogP contribution in [-0.2, 0) is 16.0 Å². The molecule has 0 spiro atoms. The molecule has 0 radical (unpaired) electrons. The lowest BCUT2D eigenvalue weighted by molar-refractivity contribution is -0.147. The zero-order valence-electron chi connectivity index (χ0n) is 22.0. The van der Waals surface area contributed by atoms with Crippen molar-refractivity contribution in [3.05, 3.63) is 10.6 Å². The van der Waals surface area contributed by atoms with Gasteiger partial charge >= 0.3 is 0 Å². The van der Waals surface area contributed by atoms with Crippen LogP contribution in [-0.4, -0.2) is 57.7 Å². The molecule has 1 aromatic rings. The average Bonchev–Trinajstić information content (AvgIpc) is 3.19. The number of fused-ring (bicyclic) bond motifs is 2. The molecule has 1 aliphatic heterocycles. The van der Waals surface area contributed by atoms with E-state index in [9.17, 15) is 19.8 Å². The molecular weight excluding hydrogens is 462 g/mol. The summed E-state index contributed by atoms with van der Waals surface area (Å²) in [5.41, 5.74) is -0.0970. The van der Waals surface area contributed by atoms with Crippen molar-refractivity contribution < 1.29 is 19.8 Å². The van der Waals surface area contributed by atoms with E-state index in [0.717, 1.165) is 42.9 Å². The molecular formula is C27H43N3O4S. The number of carbonyl (C=O) groups is 2. The minimum atomic E-state index is -0.642. The van der Waals surface area contributed by atoms with Crippen molar-refractivity contribution in [2.24, 2.45) is 22.2 Å². The van der Waals surface area contributed by atoms with Gasteiger partial charge in [-0.2, -0.15) is 0 Å². The van der Waals surface area contributed by atoms with Crippen molar-refractivity contribution in [1.29, 1.82) is 0 Å². The van der Waals surface area contributed by atoms with Crippen molar-refractivity contribution in [3.8, 4) is 0 Å². The normalized spacial score (nSPS) is 33.1. The van der Waals surface area contributed by atoms with E-state index < -0.39 is 11.5 Å². The zero-order valence-corrected chi connectivity index (χ0v) is 22.8. The Hall–Kier alpha value is -1.51. The van der Waals surface area contributed by atoms with Crippen molar-refractivity contribution in [2.75, 3.05) is 25.0 Å². The Morgan fingerprint density at radius 2 is 1.89 bits per heavy atom. The maximum absolute atomic E-state index is 13.5. The molecule has 1 aromatic heterocycles. The lowest BCUT2D eigenvalue weighted by Crippen LogP contribution is -2.57. The lowest BCUT2D eigenvalue weighted by atomic mass is 9.47. The fraction of sp³-hybridized carbons (Fsp3) is 0.815. The first-order chi connectivity index (χ1) is 16.4. The SMILES string of the molecule is CC(C)(C)CC(=O)Nc1nc2c(s1)C[C@@H]1[C@](C)(CO)[C@H](O)CC[C@@]1(C)[C@@H]2CC(=O)N1CCCCC1. The fourth-order valence-electron chi connectivity index (χ4n) is 6.79. The summed E-state index contributed by atoms with van der Waals surface area (Å²) in [4.78, 5) is 34.1. The van der Waals surface area contributed by atoms with E-state index in [0.29, 0.717) is 30.8 Å². The Kier molecular flexibility index (Phi) is 7.39. The number of hydrogen-bond acceptors (Lipinski definition) is 6. The topological polar surface area (TPSA) is 103 Å². The van der Waals surface area contributed by atoms with Gasteiger partial charge in [-0.15, -0.1) is 11.3 Å². The zero-order chi connectivity index (χ0) is 25.6. The number of aliphatic hydroxyl groups excluding tert-OH is 2. The summed E-state index contributed by atoms with van der Waals surface area (Å²) in [6.07, 6.45) is 5.58. The van der Waals surface area contributed by atoms with Crippen molar-refractivity contribution in [1.82, 2.24) is 9.88 Å².